The molecule has 0 bridgehead atoms. The van der Waals surface area contributed by atoms with Gasteiger partial charge in [-0.15, -0.1) is 0 Å². The summed E-state index contributed by atoms with van der Waals surface area (Å²) in [7, 11) is 0. The van der Waals surface area contributed by atoms with E-state index in [1.807, 2.05) is 24.3 Å². The average molecular weight is 539 g/mol. The fourth-order valence-corrected chi connectivity index (χ4v) is 5.15. The molecule has 212 valence electrons. The first-order valence-electron chi connectivity index (χ1n) is 13.8. The van der Waals surface area contributed by atoms with Crippen LogP contribution in [0.25, 0.3) is 5.69 Å². The third kappa shape index (κ3) is 7.65. The molecule has 1 aromatic carbocycles. The lowest BCUT2D eigenvalue weighted by atomic mass is 9.79. The van der Waals surface area contributed by atoms with Crippen molar-refractivity contribution >= 4 is 17.8 Å². The number of nitrogens with zero attached hydrogens (tertiary/aromatic N) is 4. The van der Waals surface area contributed by atoms with Crippen LogP contribution in [0.1, 0.15) is 45.6 Å². The molecular weight excluding hydrogens is 496 g/mol. The predicted molar refractivity (Wildman–Crippen MR) is 152 cm³/mol. The van der Waals surface area contributed by atoms with Crippen LogP contribution in [0, 0.1) is 5.92 Å². The standard InChI is InChI=1S/C28H42N8O3/c1-19(31-10-8-21-17-22(29)18-21)16-20-4-6-23(7-5-20)36-11-9-24(33-27(36)39)32-26(38)35-14-12-34(13-15-35)25(37)28(2,3)30/h4-7,9,11,19,21-22,31H,8,10,12-18,29-30H2,1-3H3,(H,32,33,38,39). The number of anilines is 1. The molecule has 2 aliphatic rings. The van der Waals surface area contributed by atoms with E-state index >= 15 is 0 Å². The van der Waals surface area contributed by atoms with Crippen LogP contribution < -0.4 is 27.8 Å². The minimum atomic E-state index is -0.946. The Morgan fingerprint density at radius 1 is 1.08 bits per heavy atom. The van der Waals surface area contributed by atoms with Gasteiger partial charge in [-0.2, -0.15) is 4.98 Å². The molecule has 11 heteroatoms. The van der Waals surface area contributed by atoms with Gasteiger partial charge in [0.25, 0.3) is 0 Å². The van der Waals surface area contributed by atoms with Gasteiger partial charge < -0.3 is 26.6 Å². The van der Waals surface area contributed by atoms with Gasteiger partial charge in [0.15, 0.2) is 0 Å². The second-order valence-electron chi connectivity index (χ2n) is 11.5. The number of amides is 3. The summed E-state index contributed by atoms with van der Waals surface area (Å²) in [6.07, 6.45) is 5.97. The van der Waals surface area contributed by atoms with Gasteiger partial charge in [-0.3, -0.25) is 14.7 Å². The second-order valence-corrected chi connectivity index (χ2v) is 11.5. The Bertz CT molecular complexity index is 1190. The van der Waals surface area contributed by atoms with Crippen molar-refractivity contribution in [1.82, 2.24) is 24.7 Å². The normalized spacial score (nSPS) is 20.3. The van der Waals surface area contributed by atoms with Gasteiger partial charge in [0, 0.05) is 44.5 Å². The van der Waals surface area contributed by atoms with Gasteiger partial charge in [-0.25, -0.2) is 9.59 Å². The Hall–Kier alpha value is -3.28. The number of nitrogens with two attached hydrogens (primary N) is 2. The van der Waals surface area contributed by atoms with Gasteiger partial charge in [0.2, 0.25) is 5.91 Å². The van der Waals surface area contributed by atoms with E-state index in [-0.39, 0.29) is 17.8 Å². The van der Waals surface area contributed by atoms with Crippen LogP contribution in [-0.2, 0) is 11.2 Å². The first kappa shape index (κ1) is 28.7. The number of carbonyl (C=O) groups excluding carboxylic acids is 2. The molecular formula is C28H42N8O3. The van der Waals surface area contributed by atoms with Crippen LogP contribution in [0.4, 0.5) is 10.6 Å². The van der Waals surface area contributed by atoms with Crippen LogP contribution in [-0.4, -0.2) is 81.6 Å². The van der Waals surface area contributed by atoms with Gasteiger partial charge in [0.05, 0.1) is 11.2 Å². The van der Waals surface area contributed by atoms with Gasteiger partial charge in [0.1, 0.15) is 5.82 Å². The first-order chi connectivity index (χ1) is 18.5. The lowest BCUT2D eigenvalue weighted by molar-refractivity contribution is -0.137. The lowest BCUT2D eigenvalue weighted by Gasteiger charge is -2.37. The van der Waals surface area contributed by atoms with Gasteiger partial charge in [-0.05, 0) is 82.7 Å². The summed E-state index contributed by atoms with van der Waals surface area (Å²) in [5.41, 5.74) is 12.2. The first-order valence-corrected chi connectivity index (χ1v) is 13.8. The topological polar surface area (TPSA) is 152 Å². The second kappa shape index (κ2) is 12.3. The van der Waals surface area contributed by atoms with E-state index in [0.29, 0.717) is 44.0 Å². The molecule has 11 nitrogen and oxygen atoms in total. The summed E-state index contributed by atoms with van der Waals surface area (Å²) in [6.45, 7) is 8.09. The fraction of sp³-hybridized carbons (Fsp3) is 0.571. The molecule has 1 saturated heterocycles. The number of urea groups is 1. The quantitative estimate of drug-likeness (QED) is 0.375. The van der Waals surface area contributed by atoms with E-state index < -0.39 is 11.2 Å². The van der Waals surface area contributed by atoms with E-state index in [1.165, 1.54) is 16.6 Å². The van der Waals surface area contributed by atoms with Crippen molar-refractivity contribution in [3.05, 3.63) is 52.6 Å². The number of hydrogen-bond donors (Lipinski definition) is 4. The molecule has 1 aromatic heterocycles. The van der Waals surface area contributed by atoms with E-state index in [2.05, 4.69) is 22.5 Å². The largest absolute Gasteiger partial charge is 0.354 e. The Morgan fingerprint density at radius 2 is 1.72 bits per heavy atom. The molecule has 4 rings (SSSR count). The molecule has 2 heterocycles. The highest BCUT2D eigenvalue weighted by atomic mass is 16.2. The molecule has 39 heavy (non-hydrogen) atoms. The number of rotatable bonds is 9. The van der Waals surface area contributed by atoms with Gasteiger partial charge >= 0.3 is 11.7 Å². The molecule has 0 radical (unpaired) electrons. The summed E-state index contributed by atoms with van der Waals surface area (Å²) >= 11 is 0. The maximum atomic E-state index is 12.7. The van der Waals surface area contributed by atoms with Crippen LogP contribution in [0.15, 0.2) is 41.3 Å². The summed E-state index contributed by atoms with van der Waals surface area (Å²) in [5, 5.41) is 6.28. The van der Waals surface area contributed by atoms with Crippen LogP contribution in [0.3, 0.4) is 0 Å². The van der Waals surface area contributed by atoms with E-state index in [9.17, 15) is 14.4 Å². The number of piperazine rings is 1. The lowest BCUT2D eigenvalue weighted by Crippen LogP contribution is -2.58. The van der Waals surface area contributed by atoms with Gasteiger partial charge in [-0.1, -0.05) is 12.1 Å². The molecule has 2 fully saturated rings. The Morgan fingerprint density at radius 3 is 2.31 bits per heavy atom. The Kier molecular flexibility index (Phi) is 9.04. The molecule has 6 N–H and O–H groups in total. The summed E-state index contributed by atoms with van der Waals surface area (Å²) < 4.78 is 1.45. The Labute approximate surface area is 229 Å². The molecule has 1 unspecified atom stereocenters. The van der Waals surface area contributed by atoms with E-state index in [1.54, 1.807) is 35.9 Å². The van der Waals surface area contributed by atoms with Crippen molar-refractivity contribution < 1.29 is 9.59 Å². The highest BCUT2D eigenvalue weighted by Gasteiger charge is 2.31. The predicted octanol–water partition coefficient (Wildman–Crippen LogP) is 1.29. The summed E-state index contributed by atoms with van der Waals surface area (Å²) in [5.74, 6) is 0.808. The van der Waals surface area contributed by atoms with Crippen molar-refractivity contribution in [2.45, 2.75) is 64.1 Å². The van der Waals surface area contributed by atoms with Crippen LogP contribution in [0.2, 0.25) is 0 Å². The number of hydrogen-bond acceptors (Lipinski definition) is 7. The Balaban J connectivity index is 1.26. The molecule has 1 aliphatic heterocycles. The monoisotopic (exact) mass is 538 g/mol. The third-order valence-corrected chi connectivity index (χ3v) is 7.52. The smallest absolute Gasteiger partial charge is 0.338 e. The van der Waals surface area contributed by atoms with Crippen molar-refractivity contribution in [1.29, 1.82) is 0 Å². The maximum Gasteiger partial charge on any atom is 0.354 e. The third-order valence-electron chi connectivity index (χ3n) is 7.52. The zero-order valence-electron chi connectivity index (χ0n) is 23.2. The highest BCUT2D eigenvalue weighted by molar-refractivity contribution is 5.89. The number of benzene rings is 1. The van der Waals surface area contributed by atoms with Crippen molar-refractivity contribution in [2.24, 2.45) is 17.4 Å². The number of carbonyl (C=O) groups is 2. The summed E-state index contributed by atoms with van der Waals surface area (Å²) in [4.78, 5) is 45.1. The number of nitrogens with one attached hydrogen (secondary N) is 2. The van der Waals surface area contributed by atoms with E-state index in [0.717, 1.165) is 31.7 Å². The minimum Gasteiger partial charge on any atom is -0.338 e. The molecule has 1 aliphatic carbocycles. The van der Waals surface area contributed by atoms with Crippen molar-refractivity contribution in [3.63, 3.8) is 0 Å². The maximum absolute atomic E-state index is 12.7. The molecule has 1 saturated carbocycles. The number of aromatic nitrogens is 2. The molecule has 0 spiro atoms. The SMILES string of the molecule is CC(Cc1ccc(-n2ccc(NC(=O)N3CCN(C(=O)C(C)(C)N)CC3)nc2=O)cc1)NCCC1CC(N)C1. The summed E-state index contributed by atoms with van der Waals surface area (Å²) in [6, 6.07) is 9.86. The van der Waals surface area contributed by atoms with E-state index in [4.69, 9.17) is 11.5 Å². The van der Waals surface area contributed by atoms with Crippen LogP contribution in [0.5, 0.6) is 0 Å². The molecule has 1 atom stereocenters. The average Bonchev–Trinajstić information content (AvgIpc) is 2.87. The van der Waals surface area contributed by atoms with Crippen molar-refractivity contribution in [3.8, 4) is 5.69 Å². The molecule has 2 aromatic rings. The minimum absolute atomic E-state index is 0.141. The van der Waals surface area contributed by atoms with Crippen LogP contribution >= 0.6 is 0 Å². The zero-order chi connectivity index (χ0) is 28.2. The molecule has 3 amide bonds. The zero-order valence-corrected chi connectivity index (χ0v) is 23.2. The fourth-order valence-electron chi connectivity index (χ4n) is 5.15. The van der Waals surface area contributed by atoms with Crippen molar-refractivity contribution in [2.75, 3.05) is 38.0 Å². The highest BCUT2D eigenvalue weighted by Crippen LogP contribution is 2.28.